The van der Waals surface area contributed by atoms with Crippen molar-refractivity contribution in [2.45, 2.75) is 201 Å². The molecular formula is C54H90N2O8. The van der Waals surface area contributed by atoms with Crippen molar-refractivity contribution in [2.24, 2.45) is 0 Å². The number of rotatable bonds is 40. The number of esters is 2. The first-order chi connectivity index (χ1) is 31.4. The van der Waals surface area contributed by atoms with Crippen molar-refractivity contribution >= 4 is 18.0 Å². The zero-order valence-corrected chi connectivity index (χ0v) is 40.5. The second-order valence-electron chi connectivity index (χ2n) is 17.0. The van der Waals surface area contributed by atoms with E-state index in [-0.39, 0.29) is 39.6 Å². The van der Waals surface area contributed by atoms with Crippen LogP contribution in [0.5, 0.6) is 0 Å². The Hall–Kier alpha value is -3.73. The lowest BCUT2D eigenvalue weighted by molar-refractivity contribution is -0.160. The fourth-order valence-electron chi connectivity index (χ4n) is 7.34. The van der Waals surface area contributed by atoms with E-state index < -0.39 is 12.4 Å². The molecule has 0 atom stereocenters. The summed E-state index contributed by atoms with van der Waals surface area (Å²) in [4.78, 5) is 40.7. The van der Waals surface area contributed by atoms with Crippen LogP contribution in [0, 0.1) is 0 Å². The monoisotopic (exact) mass is 895 g/mol. The number of amides is 1. The van der Waals surface area contributed by atoms with Crippen molar-refractivity contribution in [3.63, 3.8) is 0 Å². The molecule has 10 heteroatoms. The molecule has 1 aliphatic rings. The molecule has 1 aromatic rings. The minimum absolute atomic E-state index is 0. The van der Waals surface area contributed by atoms with E-state index in [0.717, 1.165) is 133 Å². The third-order valence-electron chi connectivity index (χ3n) is 11.0. The van der Waals surface area contributed by atoms with Crippen LogP contribution in [0.4, 0.5) is 4.79 Å². The van der Waals surface area contributed by atoms with E-state index >= 15 is 0 Å². The zero-order chi connectivity index (χ0) is 46.0. The molecule has 10 nitrogen and oxygen atoms in total. The van der Waals surface area contributed by atoms with E-state index in [1.807, 2.05) is 18.2 Å². The minimum Gasteiger partial charge on any atom is -0.461 e. The smallest absolute Gasteiger partial charge is 0.407 e. The first-order valence-electron chi connectivity index (χ1n) is 25.3. The normalized spacial score (nSPS) is 13.4. The number of hydrogen-bond acceptors (Lipinski definition) is 9. The molecule has 0 radical (unpaired) electrons. The predicted octanol–water partition coefficient (Wildman–Crippen LogP) is 13.6. The first-order valence-corrected chi connectivity index (χ1v) is 25.3. The van der Waals surface area contributed by atoms with Crippen LogP contribution in [0.3, 0.4) is 0 Å². The molecule has 1 N–H and O–H groups in total. The van der Waals surface area contributed by atoms with Crippen molar-refractivity contribution in [1.29, 1.82) is 0 Å². The summed E-state index contributed by atoms with van der Waals surface area (Å²) in [7, 11) is 0. The molecular weight excluding hydrogens is 805 g/mol. The van der Waals surface area contributed by atoms with Crippen molar-refractivity contribution < 1.29 is 39.5 Å². The maximum Gasteiger partial charge on any atom is 0.407 e. The summed E-state index contributed by atoms with van der Waals surface area (Å²) in [5.41, 5.74) is 2.19. The molecule has 2 rings (SSSR count). The molecule has 0 saturated carbocycles. The van der Waals surface area contributed by atoms with Gasteiger partial charge >= 0.3 is 18.0 Å². The number of allylic oxidation sites excluding steroid dienone is 8. The van der Waals surface area contributed by atoms with Gasteiger partial charge in [0.15, 0.2) is 6.29 Å². The van der Waals surface area contributed by atoms with Crippen molar-refractivity contribution in [2.75, 3.05) is 39.4 Å². The molecule has 1 aromatic carbocycles. The Labute approximate surface area is 390 Å². The van der Waals surface area contributed by atoms with Gasteiger partial charge in [-0.15, -0.1) is 0 Å². The highest BCUT2D eigenvalue weighted by Crippen LogP contribution is 2.17. The molecule has 0 spiro atoms. The maximum atomic E-state index is 13.0. The predicted molar refractivity (Wildman–Crippen MR) is 263 cm³/mol. The summed E-state index contributed by atoms with van der Waals surface area (Å²) in [6.07, 6.45) is 40.7. The fourth-order valence-corrected chi connectivity index (χ4v) is 7.34. The van der Waals surface area contributed by atoms with Crippen LogP contribution < -0.4 is 5.32 Å². The number of benzene rings is 1. The van der Waals surface area contributed by atoms with Crippen LogP contribution in [0.1, 0.15) is 193 Å². The summed E-state index contributed by atoms with van der Waals surface area (Å²) in [6, 6.07) is 5.60. The van der Waals surface area contributed by atoms with Gasteiger partial charge in [-0.2, -0.15) is 0 Å². The standard InChI is InChI=1S/C54H88N2O8.H2/c1-4-7-10-13-16-17-18-19-20-21-22-23-24-25-28-33-51(57)62-45-48-42-49(44-50(43-48)47-64-54(59)55-36-39-56-37-29-30-38-56)46-63-52(58)34-35-53(60-40-31-26-14-11-8-5-2)61-41-32-27-15-12-9-6-3;/h8-9,11-12,16-17,19-20,42-44,53H,4-7,10,13-15,18,21-41,45-47H2,1-3H3,(H,55,59);1H/b11-8-,12-9-,17-16-,20-19-;. The third kappa shape index (κ3) is 32.9. The molecule has 64 heavy (non-hydrogen) atoms. The highest BCUT2D eigenvalue weighted by Gasteiger charge is 2.16. The molecule has 1 saturated heterocycles. The Balaban J connectivity index is 0.0000211. The molecule has 0 unspecified atom stereocenters. The highest BCUT2D eigenvalue weighted by molar-refractivity contribution is 5.70. The largest absolute Gasteiger partial charge is 0.461 e. The number of hydrogen-bond donors (Lipinski definition) is 1. The van der Waals surface area contributed by atoms with Gasteiger partial charge in [0.2, 0.25) is 0 Å². The Morgan fingerprint density at radius 3 is 1.64 bits per heavy atom. The summed E-state index contributed by atoms with van der Waals surface area (Å²) >= 11 is 0. The topological polar surface area (TPSA) is 113 Å². The van der Waals surface area contributed by atoms with Crippen molar-refractivity contribution in [3.8, 4) is 0 Å². The number of nitrogens with zero attached hydrogens (tertiary/aromatic N) is 1. The van der Waals surface area contributed by atoms with E-state index in [1.165, 1.54) is 38.5 Å². The molecule has 364 valence electrons. The van der Waals surface area contributed by atoms with E-state index in [1.54, 1.807) is 0 Å². The van der Waals surface area contributed by atoms with E-state index in [9.17, 15) is 14.4 Å². The van der Waals surface area contributed by atoms with Gasteiger partial charge in [0, 0.05) is 40.6 Å². The Morgan fingerprint density at radius 2 is 1.08 bits per heavy atom. The minimum atomic E-state index is -0.484. The van der Waals surface area contributed by atoms with Crippen LogP contribution in [0.15, 0.2) is 66.8 Å². The highest BCUT2D eigenvalue weighted by atomic mass is 16.7. The van der Waals surface area contributed by atoms with Gasteiger partial charge in [-0.05, 0) is 151 Å². The second kappa shape index (κ2) is 40.8. The molecule has 1 fully saturated rings. The molecule has 0 aliphatic carbocycles. The van der Waals surface area contributed by atoms with E-state index in [4.69, 9.17) is 23.7 Å². The molecule has 1 aliphatic heterocycles. The van der Waals surface area contributed by atoms with Gasteiger partial charge in [-0.25, -0.2) is 4.79 Å². The van der Waals surface area contributed by atoms with Crippen LogP contribution in [-0.4, -0.2) is 68.6 Å². The summed E-state index contributed by atoms with van der Waals surface area (Å²) in [5.74, 6) is -0.589. The Bertz CT molecular complexity index is 1430. The van der Waals surface area contributed by atoms with Crippen LogP contribution >= 0.6 is 0 Å². The van der Waals surface area contributed by atoms with Gasteiger partial charge in [0.25, 0.3) is 0 Å². The first kappa shape index (κ1) is 56.4. The van der Waals surface area contributed by atoms with Gasteiger partial charge in [-0.1, -0.05) is 101 Å². The van der Waals surface area contributed by atoms with E-state index in [0.29, 0.717) is 32.6 Å². The van der Waals surface area contributed by atoms with Gasteiger partial charge < -0.3 is 33.9 Å². The van der Waals surface area contributed by atoms with Crippen LogP contribution in [0.2, 0.25) is 0 Å². The Morgan fingerprint density at radius 1 is 0.594 bits per heavy atom. The van der Waals surface area contributed by atoms with Crippen molar-refractivity contribution in [1.82, 2.24) is 10.2 Å². The maximum absolute atomic E-state index is 13.0. The van der Waals surface area contributed by atoms with Crippen LogP contribution in [-0.2, 0) is 53.1 Å². The summed E-state index contributed by atoms with van der Waals surface area (Å²) < 4.78 is 29.2. The summed E-state index contributed by atoms with van der Waals surface area (Å²) in [5, 5.41) is 2.85. The molecule has 0 aromatic heterocycles. The summed E-state index contributed by atoms with van der Waals surface area (Å²) in [6.45, 7) is 11.3. The number of carbonyl (C=O) groups excluding carboxylic acids is 3. The van der Waals surface area contributed by atoms with Gasteiger partial charge in [-0.3, -0.25) is 9.59 Å². The lowest BCUT2D eigenvalue weighted by atomic mass is 10.1. The zero-order valence-electron chi connectivity index (χ0n) is 40.5. The third-order valence-corrected chi connectivity index (χ3v) is 11.0. The number of ether oxygens (including phenoxy) is 5. The van der Waals surface area contributed by atoms with Crippen molar-refractivity contribution in [3.05, 3.63) is 83.5 Å². The quantitative estimate of drug-likeness (QED) is 0.0226. The fraction of sp³-hybridized carbons (Fsp3) is 0.685. The number of carbonyl (C=O) groups is 3. The lowest BCUT2D eigenvalue weighted by Gasteiger charge is -2.18. The molecule has 0 bridgehead atoms. The SMILES string of the molecule is CC/C=C\CCCCOC(CCC(=O)OCc1cc(COC(=O)CCCCCCC/C=C\C/C=C\CCCCC)cc(COC(=O)NCCN2CCCC2)c1)OCCCC/C=C\CC.[HH]. The lowest BCUT2D eigenvalue weighted by Crippen LogP contribution is -2.33. The van der Waals surface area contributed by atoms with Gasteiger partial charge in [0.1, 0.15) is 19.8 Å². The number of unbranched alkanes of at least 4 members (excludes halogenated alkanes) is 12. The number of alkyl carbamates (subject to hydrolysis) is 1. The Kier molecular flexibility index (Phi) is 35.9. The average Bonchev–Trinajstić information content (AvgIpc) is 3.82. The van der Waals surface area contributed by atoms with Crippen LogP contribution in [0.25, 0.3) is 0 Å². The number of nitrogens with one attached hydrogen (secondary N) is 1. The second-order valence-corrected chi connectivity index (χ2v) is 17.0. The molecule has 1 heterocycles. The van der Waals surface area contributed by atoms with Gasteiger partial charge in [0.05, 0.1) is 6.42 Å². The average molecular weight is 895 g/mol. The number of likely N-dealkylation sites (tertiary alicyclic amines) is 1. The van der Waals surface area contributed by atoms with E-state index in [2.05, 4.69) is 79.6 Å². The molecule has 1 amide bonds.